The number of carboxylic acids is 1. The number of carbonyl (C=O) groups excluding carboxylic acids is 1. The fraction of sp³-hybridized carbons (Fsp3) is 0.533. The molecule has 0 radical (unpaired) electrons. The van der Waals surface area contributed by atoms with Gasteiger partial charge in [-0.25, -0.2) is 0 Å². The second-order valence-corrected chi connectivity index (χ2v) is 5.61. The average Bonchev–Trinajstić information content (AvgIpc) is 2.47. The lowest BCUT2D eigenvalue weighted by molar-refractivity contribution is -0.139. The summed E-state index contributed by atoms with van der Waals surface area (Å²) in [6.07, 6.45) is 5.90. The van der Waals surface area contributed by atoms with Crippen molar-refractivity contribution >= 4 is 11.9 Å². The molecular formula is C15H21N3O3. The molecule has 0 saturated heterocycles. The van der Waals surface area contributed by atoms with Gasteiger partial charge in [0.2, 0.25) is 0 Å². The van der Waals surface area contributed by atoms with Crippen LogP contribution in [0.15, 0.2) is 18.3 Å². The summed E-state index contributed by atoms with van der Waals surface area (Å²) in [6.45, 7) is 0.265. The zero-order valence-corrected chi connectivity index (χ0v) is 12.0. The lowest BCUT2D eigenvalue weighted by Crippen LogP contribution is -2.51. The van der Waals surface area contributed by atoms with Gasteiger partial charge in [0.25, 0.3) is 5.91 Å². The third kappa shape index (κ3) is 4.01. The van der Waals surface area contributed by atoms with Crippen LogP contribution >= 0.6 is 0 Å². The highest BCUT2D eigenvalue weighted by Gasteiger charge is 2.36. The van der Waals surface area contributed by atoms with E-state index in [0.717, 1.165) is 19.3 Å². The quantitative estimate of drug-likeness (QED) is 0.761. The number of nitrogens with zero attached hydrogens (tertiary/aromatic N) is 1. The minimum Gasteiger partial charge on any atom is -0.481 e. The minimum absolute atomic E-state index is 0.0342. The van der Waals surface area contributed by atoms with E-state index >= 15 is 0 Å². The summed E-state index contributed by atoms with van der Waals surface area (Å²) in [5, 5.41) is 12.1. The van der Waals surface area contributed by atoms with Crippen LogP contribution < -0.4 is 11.1 Å². The topological polar surface area (TPSA) is 105 Å². The molecule has 1 heterocycles. The monoisotopic (exact) mass is 291 g/mol. The van der Waals surface area contributed by atoms with Crippen LogP contribution in [-0.2, 0) is 11.3 Å². The number of nitrogens with two attached hydrogens (primary N) is 1. The van der Waals surface area contributed by atoms with Gasteiger partial charge >= 0.3 is 5.97 Å². The lowest BCUT2D eigenvalue weighted by atomic mass is 9.79. The van der Waals surface area contributed by atoms with Crippen LogP contribution in [0.4, 0.5) is 0 Å². The average molecular weight is 291 g/mol. The van der Waals surface area contributed by atoms with Crippen LogP contribution in [0.5, 0.6) is 0 Å². The maximum absolute atomic E-state index is 12.4. The molecule has 0 aromatic carbocycles. The van der Waals surface area contributed by atoms with E-state index in [1.54, 1.807) is 18.3 Å². The van der Waals surface area contributed by atoms with Crippen molar-refractivity contribution in [3.63, 3.8) is 0 Å². The van der Waals surface area contributed by atoms with Gasteiger partial charge in [-0.1, -0.05) is 19.3 Å². The van der Waals surface area contributed by atoms with Crippen LogP contribution in [-0.4, -0.2) is 27.5 Å². The molecule has 6 heteroatoms. The molecule has 21 heavy (non-hydrogen) atoms. The van der Waals surface area contributed by atoms with Gasteiger partial charge in [-0.15, -0.1) is 0 Å². The van der Waals surface area contributed by atoms with Crippen LogP contribution in [0.3, 0.4) is 0 Å². The Hall–Kier alpha value is -1.95. The molecule has 0 spiro atoms. The SMILES string of the molecule is NCc1cc(C(=O)NC2(CC(=O)O)CCCCC2)ccn1. The van der Waals surface area contributed by atoms with Crippen LogP contribution in [0.25, 0.3) is 0 Å². The number of hydrogen-bond donors (Lipinski definition) is 3. The molecule has 0 aliphatic heterocycles. The molecule has 1 fully saturated rings. The predicted molar refractivity (Wildman–Crippen MR) is 77.7 cm³/mol. The van der Waals surface area contributed by atoms with E-state index < -0.39 is 11.5 Å². The molecule has 2 rings (SSSR count). The molecule has 6 nitrogen and oxygen atoms in total. The molecule has 1 amide bonds. The van der Waals surface area contributed by atoms with Crippen LogP contribution in [0.1, 0.15) is 54.6 Å². The van der Waals surface area contributed by atoms with Crippen molar-refractivity contribution in [2.24, 2.45) is 5.73 Å². The molecule has 0 unspecified atom stereocenters. The Morgan fingerprint density at radius 2 is 2.05 bits per heavy atom. The number of hydrogen-bond acceptors (Lipinski definition) is 4. The minimum atomic E-state index is -0.880. The molecule has 4 N–H and O–H groups in total. The molecule has 1 saturated carbocycles. The van der Waals surface area contributed by atoms with Crippen molar-refractivity contribution in [2.75, 3.05) is 0 Å². The normalized spacial score (nSPS) is 17.2. The van der Waals surface area contributed by atoms with Crippen molar-refractivity contribution in [1.29, 1.82) is 0 Å². The Kier molecular flexibility index (Phi) is 4.90. The van der Waals surface area contributed by atoms with E-state index in [1.165, 1.54) is 0 Å². The highest BCUT2D eigenvalue weighted by Crippen LogP contribution is 2.31. The second-order valence-electron chi connectivity index (χ2n) is 5.61. The first-order valence-corrected chi connectivity index (χ1v) is 7.24. The van der Waals surface area contributed by atoms with Crippen LogP contribution in [0.2, 0.25) is 0 Å². The van der Waals surface area contributed by atoms with Crippen molar-refractivity contribution in [1.82, 2.24) is 10.3 Å². The predicted octanol–water partition coefficient (Wildman–Crippen LogP) is 1.45. The molecule has 114 valence electrons. The van der Waals surface area contributed by atoms with E-state index in [4.69, 9.17) is 10.8 Å². The van der Waals surface area contributed by atoms with Crippen LogP contribution in [0, 0.1) is 0 Å². The molecule has 1 aliphatic carbocycles. The fourth-order valence-corrected chi connectivity index (χ4v) is 2.91. The van der Waals surface area contributed by atoms with E-state index in [0.29, 0.717) is 24.1 Å². The summed E-state index contributed by atoms with van der Waals surface area (Å²) >= 11 is 0. The molecular weight excluding hydrogens is 270 g/mol. The first-order chi connectivity index (χ1) is 10.0. The van der Waals surface area contributed by atoms with Gasteiger partial charge in [0, 0.05) is 18.3 Å². The summed E-state index contributed by atoms with van der Waals surface area (Å²) < 4.78 is 0. The number of pyridine rings is 1. The van der Waals surface area contributed by atoms with Gasteiger partial charge in [0.05, 0.1) is 17.7 Å². The first kappa shape index (κ1) is 15.4. The summed E-state index contributed by atoms with van der Waals surface area (Å²) in [5.74, 6) is -1.13. The van der Waals surface area contributed by atoms with E-state index in [1.807, 2.05) is 0 Å². The van der Waals surface area contributed by atoms with Crippen molar-refractivity contribution in [3.05, 3.63) is 29.6 Å². The summed E-state index contributed by atoms with van der Waals surface area (Å²) in [6, 6.07) is 3.26. The Bertz CT molecular complexity index is 525. The van der Waals surface area contributed by atoms with E-state index in [2.05, 4.69) is 10.3 Å². The van der Waals surface area contributed by atoms with Gasteiger partial charge in [0.15, 0.2) is 0 Å². The van der Waals surface area contributed by atoms with Crippen molar-refractivity contribution < 1.29 is 14.7 Å². The molecule has 1 aromatic heterocycles. The highest BCUT2D eigenvalue weighted by atomic mass is 16.4. The summed E-state index contributed by atoms with van der Waals surface area (Å²) in [7, 11) is 0. The summed E-state index contributed by atoms with van der Waals surface area (Å²) in [5.41, 5.74) is 6.00. The van der Waals surface area contributed by atoms with Gasteiger partial charge < -0.3 is 16.2 Å². The Morgan fingerprint density at radius 1 is 1.33 bits per heavy atom. The third-order valence-corrected chi connectivity index (χ3v) is 3.97. The lowest BCUT2D eigenvalue weighted by Gasteiger charge is -2.37. The van der Waals surface area contributed by atoms with Crippen molar-refractivity contribution in [2.45, 2.75) is 50.6 Å². The Morgan fingerprint density at radius 3 is 2.67 bits per heavy atom. The summed E-state index contributed by atoms with van der Waals surface area (Å²) in [4.78, 5) is 27.6. The highest BCUT2D eigenvalue weighted by molar-refractivity contribution is 5.95. The zero-order valence-electron chi connectivity index (χ0n) is 12.0. The van der Waals surface area contributed by atoms with E-state index in [9.17, 15) is 9.59 Å². The maximum atomic E-state index is 12.4. The largest absolute Gasteiger partial charge is 0.481 e. The first-order valence-electron chi connectivity index (χ1n) is 7.24. The molecule has 1 aliphatic rings. The van der Waals surface area contributed by atoms with Gasteiger partial charge in [-0.05, 0) is 25.0 Å². The number of nitrogens with one attached hydrogen (secondary N) is 1. The van der Waals surface area contributed by atoms with Crippen molar-refractivity contribution in [3.8, 4) is 0 Å². The smallest absolute Gasteiger partial charge is 0.305 e. The standard InChI is InChI=1S/C15H21N3O3/c16-10-12-8-11(4-7-17-12)14(21)18-15(9-13(19)20)5-2-1-3-6-15/h4,7-8H,1-3,5-6,9-10,16H2,(H,18,21)(H,19,20). The third-order valence-electron chi connectivity index (χ3n) is 3.97. The number of carbonyl (C=O) groups is 2. The number of rotatable bonds is 5. The maximum Gasteiger partial charge on any atom is 0.305 e. The van der Waals surface area contributed by atoms with Gasteiger partial charge in [-0.3, -0.25) is 14.6 Å². The van der Waals surface area contributed by atoms with E-state index in [-0.39, 0.29) is 18.9 Å². The molecule has 0 bridgehead atoms. The second kappa shape index (κ2) is 6.67. The number of amides is 1. The number of carboxylic acid groups (broad SMARTS) is 1. The number of aliphatic carboxylic acids is 1. The number of aromatic nitrogens is 1. The Balaban J connectivity index is 2.15. The Labute approximate surface area is 123 Å². The zero-order chi connectivity index (χ0) is 15.3. The molecule has 1 aromatic rings. The van der Waals surface area contributed by atoms with Gasteiger partial charge in [-0.2, -0.15) is 0 Å². The molecule has 0 atom stereocenters. The fourth-order valence-electron chi connectivity index (χ4n) is 2.91. The van der Waals surface area contributed by atoms with Gasteiger partial charge in [0.1, 0.15) is 0 Å².